The van der Waals surface area contributed by atoms with E-state index >= 15 is 0 Å². The van der Waals surface area contributed by atoms with Crippen LogP contribution in [0.15, 0.2) is 0 Å². The van der Waals surface area contributed by atoms with E-state index in [-0.39, 0.29) is 5.41 Å². The lowest BCUT2D eigenvalue weighted by Crippen LogP contribution is -2.49. The van der Waals surface area contributed by atoms with Gasteiger partial charge in [0.05, 0.1) is 5.41 Å². The van der Waals surface area contributed by atoms with Crippen LogP contribution in [-0.2, 0) is 4.79 Å². The fourth-order valence-electron chi connectivity index (χ4n) is 3.42. The fraction of sp³-hybridized carbons (Fsp3) is 0.933. The summed E-state index contributed by atoms with van der Waals surface area (Å²) >= 11 is 0. The molecule has 0 aliphatic heterocycles. The molecule has 2 N–H and O–H groups in total. The molecule has 1 aliphatic rings. The van der Waals surface area contributed by atoms with Gasteiger partial charge in [0.25, 0.3) is 0 Å². The van der Waals surface area contributed by atoms with E-state index in [2.05, 4.69) is 13.8 Å². The highest BCUT2D eigenvalue weighted by Crippen LogP contribution is 2.33. The molecule has 0 saturated heterocycles. The van der Waals surface area contributed by atoms with Crippen molar-refractivity contribution in [3.8, 4) is 0 Å². The van der Waals surface area contributed by atoms with E-state index in [4.69, 9.17) is 5.73 Å². The molecular weight excluding hydrogens is 224 g/mol. The van der Waals surface area contributed by atoms with Crippen LogP contribution in [0.25, 0.3) is 0 Å². The topological polar surface area (TPSA) is 46.3 Å². The summed E-state index contributed by atoms with van der Waals surface area (Å²) in [5.41, 5.74) is 5.67. The fourth-order valence-corrected chi connectivity index (χ4v) is 3.42. The number of rotatable bonds is 7. The third-order valence-corrected chi connectivity index (χ3v) is 4.49. The Labute approximate surface area is 112 Å². The van der Waals surface area contributed by atoms with Crippen molar-refractivity contribution in [3.63, 3.8) is 0 Å². The van der Waals surface area contributed by atoms with Crippen LogP contribution in [0, 0.1) is 5.41 Å². The second kappa shape index (κ2) is 7.13. The highest BCUT2D eigenvalue weighted by molar-refractivity contribution is 5.83. The molecule has 0 aromatic heterocycles. The Morgan fingerprint density at radius 1 is 1.22 bits per heavy atom. The van der Waals surface area contributed by atoms with Crippen LogP contribution >= 0.6 is 0 Å². The molecule has 1 aliphatic carbocycles. The van der Waals surface area contributed by atoms with Crippen LogP contribution in [0.2, 0.25) is 0 Å². The van der Waals surface area contributed by atoms with Crippen LogP contribution in [0.4, 0.5) is 0 Å². The number of nitrogens with two attached hydrogens (primary N) is 1. The van der Waals surface area contributed by atoms with Gasteiger partial charge in [0.15, 0.2) is 0 Å². The second-order valence-corrected chi connectivity index (χ2v) is 5.84. The molecule has 18 heavy (non-hydrogen) atoms. The molecule has 0 unspecified atom stereocenters. The van der Waals surface area contributed by atoms with Gasteiger partial charge in [-0.15, -0.1) is 0 Å². The van der Waals surface area contributed by atoms with E-state index < -0.39 is 0 Å². The third kappa shape index (κ3) is 3.25. The summed E-state index contributed by atoms with van der Waals surface area (Å²) in [5, 5.41) is 0. The van der Waals surface area contributed by atoms with E-state index in [1.807, 2.05) is 11.9 Å². The Bertz CT molecular complexity index is 253. The maximum absolute atomic E-state index is 12.8. The van der Waals surface area contributed by atoms with Crippen LogP contribution in [0.5, 0.6) is 0 Å². The molecule has 1 fully saturated rings. The average Bonchev–Trinajstić information content (AvgIpc) is 2.90. The maximum Gasteiger partial charge on any atom is 0.230 e. The van der Waals surface area contributed by atoms with E-state index in [1.54, 1.807) is 0 Å². The Morgan fingerprint density at radius 3 is 2.11 bits per heavy atom. The molecule has 1 amide bonds. The molecule has 0 heterocycles. The first-order chi connectivity index (χ1) is 8.61. The molecule has 3 nitrogen and oxygen atoms in total. The minimum Gasteiger partial charge on any atom is -0.342 e. The summed E-state index contributed by atoms with van der Waals surface area (Å²) in [6, 6.07) is 0.456. The number of hydrogen-bond donors (Lipinski definition) is 1. The van der Waals surface area contributed by atoms with Crippen molar-refractivity contribution in [1.82, 2.24) is 4.90 Å². The number of carbonyl (C=O) groups is 1. The van der Waals surface area contributed by atoms with Gasteiger partial charge in [-0.25, -0.2) is 0 Å². The summed E-state index contributed by atoms with van der Waals surface area (Å²) in [6.45, 7) is 4.77. The van der Waals surface area contributed by atoms with Gasteiger partial charge >= 0.3 is 0 Å². The Morgan fingerprint density at radius 2 is 1.72 bits per heavy atom. The first-order valence-electron chi connectivity index (χ1n) is 7.58. The lowest BCUT2D eigenvalue weighted by molar-refractivity contribution is -0.143. The zero-order valence-corrected chi connectivity index (χ0v) is 12.4. The van der Waals surface area contributed by atoms with Crippen molar-refractivity contribution in [1.29, 1.82) is 0 Å². The molecule has 0 aromatic rings. The molecule has 0 spiro atoms. The summed E-state index contributed by atoms with van der Waals surface area (Å²) in [5.74, 6) is 0.292. The normalized spacial score (nSPS) is 17.1. The highest BCUT2D eigenvalue weighted by atomic mass is 16.2. The van der Waals surface area contributed by atoms with Gasteiger partial charge < -0.3 is 10.6 Å². The summed E-state index contributed by atoms with van der Waals surface area (Å²) in [6.07, 6.45) is 8.77. The van der Waals surface area contributed by atoms with Gasteiger partial charge in [0, 0.05) is 19.6 Å². The predicted octanol–water partition coefficient (Wildman–Crippen LogP) is 2.93. The first-order valence-corrected chi connectivity index (χ1v) is 7.58. The summed E-state index contributed by atoms with van der Waals surface area (Å²) < 4.78 is 0. The highest BCUT2D eigenvalue weighted by Gasteiger charge is 2.39. The number of amides is 1. The molecule has 3 heteroatoms. The molecule has 0 bridgehead atoms. The van der Waals surface area contributed by atoms with Crippen LogP contribution in [-0.4, -0.2) is 30.4 Å². The van der Waals surface area contributed by atoms with Crippen molar-refractivity contribution in [2.45, 2.75) is 71.3 Å². The molecule has 1 saturated carbocycles. The van der Waals surface area contributed by atoms with Crippen molar-refractivity contribution in [2.24, 2.45) is 11.1 Å². The third-order valence-electron chi connectivity index (χ3n) is 4.49. The van der Waals surface area contributed by atoms with E-state index in [0.29, 0.717) is 18.5 Å². The lowest BCUT2D eigenvalue weighted by Gasteiger charge is -2.37. The Hall–Kier alpha value is -0.570. The zero-order chi connectivity index (χ0) is 13.6. The van der Waals surface area contributed by atoms with Gasteiger partial charge in [-0.05, 0) is 25.7 Å². The second-order valence-electron chi connectivity index (χ2n) is 5.84. The predicted molar refractivity (Wildman–Crippen MR) is 76.3 cm³/mol. The molecule has 0 atom stereocenters. The molecule has 1 rings (SSSR count). The van der Waals surface area contributed by atoms with Crippen molar-refractivity contribution < 1.29 is 4.79 Å². The lowest BCUT2D eigenvalue weighted by atomic mass is 9.77. The monoisotopic (exact) mass is 254 g/mol. The largest absolute Gasteiger partial charge is 0.342 e. The Balaban J connectivity index is 2.79. The van der Waals surface area contributed by atoms with E-state index in [0.717, 1.165) is 25.7 Å². The van der Waals surface area contributed by atoms with E-state index in [1.165, 1.54) is 25.7 Å². The Kier molecular flexibility index (Phi) is 6.13. The quantitative estimate of drug-likeness (QED) is 0.759. The van der Waals surface area contributed by atoms with Gasteiger partial charge in [-0.1, -0.05) is 39.5 Å². The number of carbonyl (C=O) groups excluding carboxylic acids is 1. The molecular formula is C15H30N2O. The van der Waals surface area contributed by atoms with Crippen LogP contribution in [0.3, 0.4) is 0 Å². The maximum atomic E-state index is 12.8. The van der Waals surface area contributed by atoms with Crippen molar-refractivity contribution >= 4 is 5.91 Å². The summed E-state index contributed by atoms with van der Waals surface area (Å²) in [7, 11) is 1.98. The minimum atomic E-state index is -0.305. The van der Waals surface area contributed by atoms with E-state index in [9.17, 15) is 4.79 Å². The molecule has 0 aromatic carbocycles. The minimum absolute atomic E-state index is 0.292. The SMILES string of the molecule is CCCC(CN)(CCC)C(=O)N(C)C1CCCC1. The van der Waals surface area contributed by atoms with Crippen LogP contribution < -0.4 is 5.73 Å². The number of hydrogen-bond acceptors (Lipinski definition) is 2. The zero-order valence-electron chi connectivity index (χ0n) is 12.4. The number of nitrogens with zero attached hydrogens (tertiary/aromatic N) is 1. The van der Waals surface area contributed by atoms with Gasteiger partial charge in [-0.2, -0.15) is 0 Å². The molecule has 0 radical (unpaired) electrons. The van der Waals surface area contributed by atoms with Crippen molar-refractivity contribution in [3.05, 3.63) is 0 Å². The standard InChI is InChI=1S/C15H30N2O/c1-4-10-15(12-16,11-5-2)14(18)17(3)13-8-6-7-9-13/h13H,4-12,16H2,1-3H3. The summed E-state index contributed by atoms with van der Waals surface area (Å²) in [4.78, 5) is 14.8. The van der Waals surface area contributed by atoms with Gasteiger partial charge in [-0.3, -0.25) is 4.79 Å². The smallest absolute Gasteiger partial charge is 0.230 e. The van der Waals surface area contributed by atoms with Crippen molar-refractivity contribution in [2.75, 3.05) is 13.6 Å². The molecule has 106 valence electrons. The average molecular weight is 254 g/mol. The van der Waals surface area contributed by atoms with Crippen LogP contribution in [0.1, 0.15) is 65.2 Å². The van der Waals surface area contributed by atoms with Gasteiger partial charge in [0.2, 0.25) is 5.91 Å². The first kappa shape index (κ1) is 15.5. The van der Waals surface area contributed by atoms with Gasteiger partial charge in [0.1, 0.15) is 0 Å².